The molecule has 0 heterocycles. The third-order valence-corrected chi connectivity index (χ3v) is 6.59. The quantitative estimate of drug-likeness (QED) is 0.345. The zero-order valence-electron chi connectivity index (χ0n) is 17.7. The third-order valence-electron chi connectivity index (χ3n) is 6.59. The molecule has 1 unspecified atom stereocenters. The Bertz CT molecular complexity index is 921. The van der Waals surface area contributed by atoms with Gasteiger partial charge in [-0.15, -0.1) is 12.3 Å². The van der Waals surface area contributed by atoms with Crippen molar-refractivity contribution in [2.45, 2.75) is 51.9 Å². The molecule has 2 aromatic carbocycles. The van der Waals surface area contributed by atoms with Gasteiger partial charge in [0, 0.05) is 17.8 Å². The van der Waals surface area contributed by atoms with E-state index in [0.717, 1.165) is 32.1 Å². The Kier molecular flexibility index (Phi) is 10.8. The maximum Gasteiger partial charge on any atom is 2.00 e. The second kappa shape index (κ2) is 11.8. The van der Waals surface area contributed by atoms with Gasteiger partial charge in [-0.1, -0.05) is 80.1 Å². The fourth-order valence-electron chi connectivity index (χ4n) is 5.35. The van der Waals surface area contributed by atoms with Crippen LogP contribution in [0.1, 0.15) is 63.0 Å². The summed E-state index contributed by atoms with van der Waals surface area (Å²) < 4.78 is 0. The summed E-state index contributed by atoms with van der Waals surface area (Å²) in [6.07, 6.45) is 15.5. The molecule has 0 spiro atoms. The normalized spacial score (nSPS) is 15.8. The molecular weight excluding hydrogens is 575 g/mol. The van der Waals surface area contributed by atoms with Gasteiger partial charge in [0.1, 0.15) is 0 Å². The van der Waals surface area contributed by atoms with Crippen LogP contribution in [0.2, 0.25) is 0 Å². The molecule has 4 rings (SSSR count). The second-order valence-corrected chi connectivity index (χ2v) is 8.05. The summed E-state index contributed by atoms with van der Waals surface area (Å²) in [5.41, 5.74) is 9.03. The van der Waals surface area contributed by atoms with Crippen LogP contribution >= 0.6 is 0 Å². The van der Waals surface area contributed by atoms with Gasteiger partial charge in [-0.25, -0.2) is 0 Å². The maximum atomic E-state index is 5.60. The minimum absolute atomic E-state index is 0. The molecule has 2 aliphatic carbocycles. The fraction of sp³-hybridized carbons (Fsp3) is 0.333. The molecular formula is C27H28Br2Zr. The number of allylic oxidation sites excluding steroid dienone is 4. The van der Waals surface area contributed by atoms with Gasteiger partial charge >= 0.3 is 26.2 Å². The monoisotopic (exact) mass is 600 g/mol. The van der Waals surface area contributed by atoms with Gasteiger partial charge in [0.2, 0.25) is 0 Å². The van der Waals surface area contributed by atoms with Crippen LogP contribution in [0.3, 0.4) is 0 Å². The number of hydrogen-bond acceptors (Lipinski definition) is 0. The third kappa shape index (κ3) is 4.72. The molecule has 0 saturated heterocycles. The van der Waals surface area contributed by atoms with E-state index in [-0.39, 0.29) is 65.6 Å². The summed E-state index contributed by atoms with van der Waals surface area (Å²) in [7, 11) is 0. The molecule has 0 aromatic heterocycles. The van der Waals surface area contributed by atoms with E-state index in [4.69, 9.17) is 6.42 Å². The van der Waals surface area contributed by atoms with Gasteiger partial charge in [0.05, 0.1) is 0 Å². The summed E-state index contributed by atoms with van der Waals surface area (Å²) in [5, 5.41) is 0. The van der Waals surface area contributed by atoms with Crippen molar-refractivity contribution < 1.29 is 60.2 Å². The molecule has 3 heteroatoms. The molecule has 0 radical (unpaired) electrons. The number of unbranched alkanes of at least 4 members (excludes halogenated alkanes) is 1. The second-order valence-electron chi connectivity index (χ2n) is 8.05. The smallest absolute Gasteiger partial charge is 1.00 e. The van der Waals surface area contributed by atoms with E-state index in [9.17, 15) is 0 Å². The Labute approximate surface area is 222 Å². The maximum absolute atomic E-state index is 5.60. The molecule has 0 bridgehead atoms. The van der Waals surface area contributed by atoms with Crippen molar-refractivity contribution in [3.05, 3.63) is 83.0 Å². The fourth-order valence-corrected chi connectivity index (χ4v) is 5.35. The predicted molar refractivity (Wildman–Crippen MR) is 116 cm³/mol. The van der Waals surface area contributed by atoms with Crippen LogP contribution < -0.4 is 34.0 Å². The van der Waals surface area contributed by atoms with Crippen molar-refractivity contribution in [1.29, 1.82) is 0 Å². The van der Waals surface area contributed by atoms with Crippen molar-refractivity contribution >= 4 is 0 Å². The minimum atomic E-state index is 0. The number of terminal acetylenes is 1. The van der Waals surface area contributed by atoms with Crippen molar-refractivity contribution in [3.8, 4) is 23.5 Å². The zero-order valence-corrected chi connectivity index (χ0v) is 23.3. The van der Waals surface area contributed by atoms with E-state index in [2.05, 4.69) is 80.5 Å². The summed E-state index contributed by atoms with van der Waals surface area (Å²) in [6.45, 7) is 4.77. The van der Waals surface area contributed by atoms with Crippen LogP contribution in [0, 0.1) is 17.8 Å². The predicted octanol–water partition coefficient (Wildman–Crippen LogP) is 1.28. The first-order valence-electron chi connectivity index (χ1n) is 10.2. The van der Waals surface area contributed by atoms with Crippen LogP contribution in [0.4, 0.5) is 0 Å². The standard InChI is InChI=1S/C27H28.2BrH.Zr/c1-4-6-11-19-27(3,25-18-12-13-20(25)5-2)26-23-16-9-7-14-21(23)22-15-8-10-17-24(22)26;;;/h1,7-10,12-17,26H,5-6,11,18-19H2,2-3H3;2*1H;/q;;;+2/p-2. The molecule has 30 heavy (non-hydrogen) atoms. The SMILES string of the molecule is C#CCCCC(C)(C1=C(CC)C=CC1)C1c2ccccc2-c2ccccc21.[Br-].[Br-].[Zr+2]. The first-order chi connectivity index (χ1) is 13.2. The molecule has 0 aliphatic heterocycles. The van der Waals surface area contributed by atoms with E-state index < -0.39 is 0 Å². The number of hydrogen-bond donors (Lipinski definition) is 0. The first kappa shape index (κ1) is 27.4. The Morgan fingerprint density at radius 1 is 1.00 bits per heavy atom. The Morgan fingerprint density at radius 2 is 1.57 bits per heavy atom. The van der Waals surface area contributed by atoms with Crippen molar-refractivity contribution in [3.63, 3.8) is 0 Å². The molecule has 0 fully saturated rings. The molecule has 154 valence electrons. The van der Waals surface area contributed by atoms with Gasteiger partial charge in [-0.3, -0.25) is 0 Å². The van der Waals surface area contributed by atoms with E-state index in [1.807, 2.05) is 0 Å². The van der Waals surface area contributed by atoms with Crippen molar-refractivity contribution in [2.75, 3.05) is 0 Å². The Morgan fingerprint density at radius 3 is 2.10 bits per heavy atom. The van der Waals surface area contributed by atoms with Gasteiger partial charge in [0.25, 0.3) is 0 Å². The summed E-state index contributed by atoms with van der Waals surface area (Å²) in [6, 6.07) is 18.0. The molecule has 0 N–H and O–H groups in total. The average molecular weight is 604 g/mol. The topological polar surface area (TPSA) is 0 Å². The summed E-state index contributed by atoms with van der Waals surface area (Å²) in [5.74, 6) is 3.26. The van der Waals surface area contributed by atoms with E-state index >= 15 is 0 Å². The van der Waals surface area contributed by atoms with Gasteiger partial charge < -0.3 is 34.0 Å². The average Bonchev–Trinajstić information content (AvgIpc) is 3.31. The van der Waals surface area contributed by atoms with Gasteiger partial charge in [0.15, 0.2) is 0 Å². The summed E-state index contributed by atoms with van der Waals surface area (Å²) in [4.78, 5) is 0. The van der Waals surface area contributed by atoms with E-state index in [1.165, 1.54) is 27.8 Å². The number of rotatable bonds is 6. The first-order valence-corrected chi connectivity index (χ1v) is 10.2. The van der Waals surface area contributed by atoms with E-state index in [0.29, 0.717) is 5.92 Å². The van der Waals surface area contributed by atoms with Crippen LogP contribution in [-0.4, -0.2) is 0 Å². The van der Waals surface area contributed by atoms with Crippen LogP contribution in [-0.2, 0) is 26.2 Å². The van der Waals surface area contributed by atoms with Crippen LogP contribution in [0.15, 0.2) is 71.8 Å². The molecule has 1 atom stereocenters. The molecule has 2 aliphatic rings. The van der Waals surface area contributed by atoms with E-state index in [1.54, 1.807) is 5.57 Å². The van der Waals surface area contributed by atoms with Crippen molar-refractivity contribution in [2.24, 2.45) is 5.41 Å². The van der Waals surface area contributed by atoms with Crippen LogP contribution in [0.25, 0.3) is 11.1 Å². The largest absolute Gasteiger partial charge is 2.00 e. The molecule has 0 amide bonds. The number of benzene rings is 2. The molecule has 0 nitrogen and oxygen atoms in total. The van der Waals surface area contributed by atoms with Crippen molar-refractivity contribution in [1.82, 2.24) is 0 Å². The Balaban J connectivity index is 0.00000150. The zero-order chi connectivity index (χ0) is 18.9. The summed E-state index contributed by atoms with van der Waals surface area (Å²) >= 11 is 0. The molecule has 0 saturated carbocycles. The minimum Gasteiger partial charge on any atom is -1.00 e. The molecule has 2 aromatic rings. The number of fused-ring (bicyclic) bond motifs is 3. The van der Waals surface area contributed by atoms with Gasteiger partial charge in [-0.2, -0.15) is 0 Å². The number of halogens is 2. The van der Waals surface area contributed by atoms with Crippen LogP contribution in [0.5, 0.6) is 0 Å². The van der Waals surface area contributed by atoms with Gasteiger partial charge in [-0.05, 0) is 53.5 Å². The Hall–Kier alpha value is -0.677.